The van der Waals surface area contributed by atoms with Crippen LogP contribution in [0.25, 0.3) is 0 Å². The van der Waals surface area contributed by atoms with E-state index >= 15 is 0 Å². The molecule has 0 radical (unpaired) electrons. The lowest BCUT2D eigenvalue weighted by atomic mass is 9.83. The van der Waals surface area contributed by atoms with Crippen LogP contribution in [0.3, 0.4) is 0 Å². The van der Waals surface area contributed by atoms with Gasteiger partial charge in [-0.3, -0.25) is 0 Å². The standard InChI is InChI=1S/C15H27NO/c1-2-4-8-14(9-5-3-1)12-16-13-15(17-14)10-6-7-11-15/h16H,1-13H2. The summed E-state index contributed by atoms with van der Waals surface area (Å²) < 4.78 is 6.74. The molecule has 98 valence electrons. The van der Waals surface area contributed by atoms with E-state index in [2.05, 4.69) is 5.32 Å². The van der Waals surface area contributed by atoms with Gasteiger partial charge in [0.2, 0.25) is 0 Å². The minimum atomic E-state index is 0.197. The van der Waals surface area contributed by atoms with E-state index in [1.165, 1.54) is 70.6 Å². The largest absolute Gasteiger partial charge is 0.366 e. The van der Waals surface area contributed by atoms with Crippen LogP contribution < -0.4 is 5.32 Å². The zero-order valence-corrected chi connectivity index (χ0v) is 11.1. The number of nitrogens with one attached hydrogen (secondary N) is 1. The average Bonchev–Trinajstić information content (AvgIpc) is 2.73. The molecule has 0 bridgehead atoms. The van der Waals surface area contributed by atoms with E-state index in [-0.39, 0.29) is 11.2 Å². The molecule has 2 heteroatoms. The van der Waals surface area contributed by atoms with Gasteiger partial charge < -0.3 is 10.1 Å². The number of morpholine rings is 1. The van der Waals surface area contributed by atoms with E-state index < -0.39 is 0 Å². The molecule has 2 saturated carbocycles. The molecule has 3 fully saturated rings. The molecule has 3 rings (SSSR count). The van der Waals surface area contributed by atoms with Gasteiger partial charge in [-0.1, -0.05) is 44.9 Å². The molecule has 2 nitrogen and oxygen atoms in total. The number of hydrogen-bond acceptors (Lipinski definition) is 2. The summed E-state index contributed by atoms with van der Waals surface area (Å²) in [6.45, 7) is 2.21. The van der Waals surface area contributed by atoms with Crippen molar-refractivity contribution in [3.8, 4) is 0 Å². The van der Waals surface area contributed by atoms with Gasteiger partial charge in [-0.2, -0.15) is 0 Å². The maximum atomic E-state index is 6.74. The lowest BCUT2D eigenvalue weighted by Crippen LogP contribution is -2.59. The highest BCUT2D eigenvalue weighted by molar-refractivity contribution is 4.99. The molecule has 2 aliphatic carbocycles. The molecule has 1 heterocycles. The second-order valence-electron chi connectivity index (χ2n) is 6.55. The Balaban J connectivity index is 1.71. The topological polar surface area (TPSA) is 21.3 Å². The highest BCUT2D eigenvalue weighted by atomic mass is 16.5. The molecule has 17 heavy (non-hydrogen) atoms. The van der Waals surface area contributed by atoms with Crippen molar-refractivity contribution in [3.63, 3.8) is 0 Å². The average molecular weight is 237 g/mol. The van der Waals surface area contributed by atoms with Gasteiger partial charge in [0.25, 0.3) is 0 Å². The van der Waals surface area contributed by atoms with Crippen molar-refractivity contribution in [2.75, 3.05) is 13.1 Å². The summed E-state index contributed by atoms with van der Waals surface area (Å²) in [5.74, 6) is 0. The molecule has 1 saturated heterocycles. The van der Waals surface area contributed by atoms with Crippen LogP contribution in [0.1, 0.15) is 70.6 Å². The Morgan fingerprint density at radius 3 is 1.53 bits per heavy atom. The van der Waals surface area contributed by atoms with Crippen LogP contribution in [0.4, 0.5) is 0 Å². The third-order valence-corrected chi connectivity index (χ3v) is 5.11. The Hall–Kier alpha value is -0.0800. The molecule has 0 unspecified atom stereocenters. The van der Waals surface area contributed by atoms with Gasteiger partial charge in [0.05, 0.1) is 11.2 Å². The second kappa shape index (κ2) is 4.89. The second-order valence-corrected chi connectivity index (χ2v) is 6.55. The van der Waals surface area contributed by atoms with E-state index in [1.807, 2.05) is 0 Å². The van der Waals surface area contributed by atoms with Crippen LogP contribution in [0.2, 0.25) is 0 Å². The highest BCUT2D eigenvalue weighted by Gasteiger charge is 2.46. The maximum Gasteiger partial charge on any atom is 0.0814 e. The smallest absolute Gasteiger partial charge is 0.0814 e. The van der Waals surface area contributed by atoms with Crippen LogP contribution in [0, 0.1) is 0 Å². The van der Waals surface area contributed by atoms with Gasteiger partial charge in [0.1, 0.15) is 0 Å². The van der Waals surface area contributed by atoms with Crippen LogP contribution in [-0.4, -0.2) is 24.3 Å². The van der Waals surface area contributed by atoms with Crippen molar-refractivity contribution in [3.05, 3.63) is 0 Å². The monoisotopic (exact) mass is 237 g/mol. The number of hydrogen-bond donors (Lipinski definition) is 1. The summed E-state index contributed by atoms with van der Waals surface area (Å²) in [7, 11) is 0. The minimum Gasteiger partial charge on any atom is -0.366 e. The zero-order chi connectivity index (χ0) is 11.6. The fourth-order valence-corrected chi connectivity index (χ4v) is 4.18. The normalized spacial score (nSPS) is 32.5. The van der Waals surface area contributed by atoms with Gasteiger partial charge in [-0.25, -0.2) is 0 Å². The van der Waals surface area contributed by atoms with Gasteiger partial charge >= 0.3 is 0 Å². The highest BCUT2D eigenvalue weighted by Crippen LogP contribution is 2.42. The lowest BCUT2D eigenvalue weighted by molar-refractivity contribution is -0.184. The van der Waals surface area contributed by atoms with Gasteiger partial charge in [0, 0.05) is 13.1 Å². The lowest BCUT2D eigenvalue weighted by Gasteiger charge is -2.48. The molecule has 0 amide bonds. The molecular formula is C15H27NO. The summed E-state index contributed by atoms with van der Waals surface area (Å²) in [6.07, 6.45) is 14.9. The van der Waals surface area contributed by atoms with E-state index in [9.17, 15) is 0 Å². The molecular weight excluding hydrogens is 210 g/mol. The maximum absolute atomic E-state index is 6.74. The van der Waals surface area contributed by atoms with Crippen molar-refractivity contribution < 1.29 is 4.74 Å². The third kappa shape index (κ3) is 2.53. The Bertz CT molecular complexity index is 250. The van der Waals surface area contributed by atoms with E-state index in [1.54, 1.807) is 0 Å². The number of rotatable bonds is 0. The molecule has 0 atom stereocenters. The minimum absolute atomic E-state index is 0.197. The Labute approximate surface area is 105 Å². The van der Waals surface area contributed by atoms with Crippen LogP contribution >= 0.6 is 0 Å². The predicted molar refractivity (Wildman–Crippen MR) is 70.2 cm³/mol. The van der Waals surface area contributed by atoms with Gasteiger partial charge in [-0.05, 0) is 25.7 Å². The summed E-state index contributed by atoms with van der Waals surface area (Å²) in [5.41, 5.74) is 0.417. The molecule has 2 spiro atoms. The molecule has 3 aliphatic rings. The van der Waals surface area contributed by atoms with E-state index in [0.29, 0.717) is 0 Å². The first-order chi connectivity index (χ1) is 8.33. The van der Waals surface area contributed by atoms with E-state index in [0.717, 1.165) is 13.1 Å². The zero-order valence-electron chi connectivity index (χ0n) is 11.1. The van der Waals surface area contributed by atoms with Crippen LogP contribution in [0.5, 0.6) is 0 Å². The SMILES string of the molecule is C1CCCC2(CCC1)CNCC1(CCCC1)O2. The summed E-state index contributed by atoms with van der Waals surface area (Å²) in [5, 5.41) is 3.70. The van der Waals surface area contributed by atoms with E-state index in [4.69, 9.17) is 4.74 Å². The first-order valence-electron chi connectivity index (χ1n) is 7.74. The van der Waals surface area contributed by atoms with Crippen molar-refractivity contribution in [2.24, 2.45) is 0 Å². The fraction of sp³-hybridized carbons (Fsp3) is 1.00. The molecule has 0 aromatic carbocycles. The van der Waals surface area contributed by atoms with Crippen molar-refractivity contribution in [1.29, 1.82) is 0 Å². The first-order valence-corrected chi connectivity index (χ1v) is 7.74. The third-order valence-electron chi connectivity index (χ3n) is 5.11. The molecule has 1 aliphatic heterocycles. The summed E-state index contributed by atoms with van der Waals surface area (Å²) >= 11 is 0. The molecule has 1 N–H and O–H groups in total. The number of ether oxygens (including phenoxy) is 1. The van der Waals surface area contributed by atoms with Crippen molar-refractivity contribution >= 4 is 0 Å². The van der Waals surface area contributed by atoms with Gasteiger partial charge in [-0.15, -0.1) is 0 Å². The Morgan fingerprint density at radius 1 is 0.588 bits per heavy atom. The first kappa shape index (κ1) is 12.0. The summed E-state index contributed by atoms with van der Waals surface area (Å²) in [6, 6.07) is 0. The quantitative estimate of drug-likeness (QED) is 0.697. The predicted octanol–water partition coefficient (Wildman–Crippen LogP) is 3.40. The fourth-order valence-electron chi connectivity index (χ4n) is 4.18. The summed E-state index contributed by atoms with van der Waals surface area (Å²) in [4.78, 5) is 0. The molecule has 0 aromatic rings. The molecule has 0 aromatic heterocycles. The Morgan fingerprint density at radius 2 is 1.00 bits per heavy atom. The van der Waals surface area contributed by atoms with Crippen molar-refractivity contribution in [1.82, 2.24) is 5.32 Å². The Kier molecular flexibility index (Phi) is 3.45. The van der Waals surface area contributed by atoms with Crippen LogP contribution in [0.15, 0.2) is 0 Å². The van der Waals surface area contributed by atoms with Crippen molar-refractivity contribution in [2.45, 2.75) is 81.8 Å². The van der Waals surface area contributed by atoms with Crippen LogP contribution in [-0.2, 0) is 4.74 Å². The van der Waals surface area contributed by atoms with Gasteiger partial charge in [0.15, 0.2) is 0 Å².